The first-order chi connectivity index (χ1) is 8.00. The first-order valence-corrected chi connectivity index (χ1v) is 5.70. The van der Waals surface area contributed by atoms with Gasteiger partial charge in [-0.15, -0.1) is 11.3 Å². The van der Waals surface area contributed by atoms with Gasteiger partial charge in [0, 0.05) is 4.88 Å². The van der Waals surface area contributed by atoms with Gasteiger partial charge in [0.25, 0.3) is 0 Å². The van der Waals surface area contributed by atoms with Crippen molar-refractivity contribution in [3.05, 3.63) is 40.5 Å². The Morgan fingerprint density at radius 2 is 1.94 bits per heavy atom. The van der Waals surface area contributed by atoms with Crippen LogP contribution in [0.1, 0.15) is 15.2 Å². The predicted molar refractivity (Wildman–Crippen MR) is 65.8 cm³/mol. The van der Waals surface area contributed by atoms with Crippen LogP contribution in [-0.2, 0) is 0 Å². The van der Waals surface area contributed by atoms with E-state index in [1.165, 1.54) is 12.1 Å². The average Bonchev–Trinajstić information content (AvgIpc) is 2.58. The molecule has 0 saturated carbocycles. The summed E-state index contributed by atoms with van der Waals surface area (Å²) in [6, 6.07) is 5.90. The molecule has 0 radical (unpaired) electrons. The molecule has 2 rings (SSSR count). The van der Waals surface area contributed by atoms with Crippen molar-refractivity contribution in [1.82, 2.24) is 0 Å². The molecule has 0 bridgehead atoms. The second-order valence-electron chi connectivity index (χ2n) is 3.61. The van der Waals surface area contributed by atoms with Gasteiger partial charge in [-0.2, -0.15) is 0 Å². The number of nitrogen functional groups attached to an aromatic ring is 1. The van der Waals surface area contributed by atoms with Crippen LogP contribution in [0.2, 0.25) is 0 Å². The van der Waals surface area contributed by atoms with E-state index in [2.05, 4.69) is 0 Å². The summed E-state index contributed by atoms with van der Waals surface area (Å²) in [6.07, 6.45) is 0. The van der Waals surface area contributed by atoms with Gasteiger partial charge < -0.3 is 10.8 Å². The summed E-state index contributed by atoms with van der Waals surface area (Å²) < 4.78 is 12.8. The number of hydrogen-bond donors (Lipinski definition) is 2. The number of thiophene rings is 1. The van der Waals surface area contributed by atoms with Crippen molar-refractivity contribution >= 4 is 23.0 Å². The Balaban J connectivity index is 2.56. The van der Waals surface area contributed by atoms with Gasteiger partial charge in [-0.1, -0.05) is 12.1 Å². The number of carboxylic acids is 1. The average molecular weight is 251 g/mol. The van der Waals surface area contributed by atoms with Gasteiger partial charge in [0.05, 0.1) is 5.69 Å². The lowest BCUT2D eigenvalue weighted by molar-refractivity contribution is 0.0703. The molecular formula is C12H10FNO2S. The second-order valence-corrected chi connectivity index (χ2v) is 4.63. The van der Waals surface area contributed by atoms with Crippen LogP contribution < -0.4 is 5.73 Å². The van der Waals surface area contributed by atoms with Crippen molar-refractivity contribution in [3.8, 4) is 10.4 Å². The van der Waals surface area contributed by atoms with Crippen LogP contribution in [0.5, 0.6) is 0 Å². The summed E-state index contributed by atoms with van der Waals surface area (Å²) in [5, 5.41) is 8.96. The number of rotatable bonds is 2. The lowest BCUT2D eigenvalue weighted by atomic mass is 10.1. The summed E-state index contributed by atoms with van der Waals surface area (Å²) in [4.78, 5) is 11.8. The van der Waals surface area contributed by atoms with Crippen LogP contribution in [0, 0.1) is 12.7 Å². The molecule has 0 fully saturated rings. The number of carboxylic acid groups (broad SMARTS) is 1. The maximum atomic E-state index is 12.8. The molecule has 0 aliphatic carbocycles. The van der Waals surface area contributed by atoms with Crippen molar-refractivity contribution in [2.75, 3.05) is 5.73 Å². The molecule has 1 aromatic carbocycles. The highest BCUT2D eigenvalue weighted by molar-refractivity contribution is 7.18. The molecule has 0 aliphatic rings. The maximum absolute atomic E-state index is 12.8. The first-order valence-electron chi connectivity index (χ1n) is 4.89. The number of anilines is 1. The molecule has 0 unspecified atom stereocenters. The predicted octanol–water partition coefficient (Wildman–Crippen LogP) is 3.14. The minimum atomic E-state index is -1.04. The van der Waals surface area contributed by atoms with Gasteiger partial charge in [0.1, 0.15) is 10.7 Å². The lowest BCUT2D eigenvalue weighted by Gasteiger charge is -1.99. The van der Waals surface area contributed by atoms with E-state index in [1.807, 2.05) is 0 Å². The third kappa shape index (κ3) is 2.01. The summed E-state index contributed by atoms with van der Waals surface area (Å²) in [5.41, 5.74) is 7.50. The molecule has 0 saturated heterocycles. The van der Waals surface area contributed by atoms with E-state index in [0.29, 0.717) is 0 Å². The number of aromatic carboxylic acids is 1. The molecule has 0 amide bonds. The molecule has 88 valence electrons. The van der Waals surface area contributed by atoms with E-state index in [0.717, 1.165) is 27.3 Å². The van der Waals surface area contributed by atoms with Crippen LogP contribution in [0.15, 0.2) is 24.3 Å². The van der Waals surface area contributed by atoms with Gasteiger partial charge in [-0.05, 0) is 30.2 Å². The minimum Gasteiger partial charge on any atom is -0.477 e. The molecule has 3 N–H and O–H groups in total. The molecule has 1 heterocycles. The molecule has 3 nitrogen and oxygen atoms in total. The number of halogens is 1. The minimum absolute atomic E-state index is 0.127. The zero-order valence-corrected chi connectivity index (χ0v) is 9.84. The fourth-order valence-electron chi connectivity index (χ4n) is 1.56. The van der Waals surface area contributed by atoms with Gasteiger partial charge >= 0.3 is 5.97 Å². The second kappa shape index (κ2) is 4.18. The fourth-order valence-corrected chi connectivity index (χ4v) is 2.63. The maximum Gasteiger partial charge on any atom is 0.348 e. The van der Waals surface area contributed by atoms with Crippen LogP contribution in [-0.4, -0.2) is 11.1 Å². The topological polar surface area (TPSA) is 63.3 Å². The van der Waals surface area contributed by atoms with E-state index in [1.54, 1.807) is 19.1 Å². The third-order valence-electron chi connectivity index (χ3n) is 2.49. The van der Waals surface area contributed by atoms with Crippen molar-refractivity contribution in [2.45, 2.75) is 6.92 Å². The zero-order valence-electron chi connectivity index (χ0n) is 9.03. The Kier molecular flexibility index (Phi) is 2.85. The molecule has 1 aromatic heterocycles. The molecule has 0 aliphatic heterocycles. The van der Waals surface area contributed by atoms with E-state index in [9.17, 15) is 9.18 Å². The van der Waals surface area contributed by atoms with Gasteiger partial charge in [0.15, 0.2) is 0 Å². The van der Waals surface area contributed by atoms with Gasteiger partial charge in [-0.3, -0.25) is 0 Å². The normalized spacial score (nSPS) is 10.5. The van der Waals surface area contributed by atoms with E-state index < -0.39 is 5.97 Å². The standard InChI is InChI=1S/C12H10FNO2S/c1-6-9(14)11(12(15)16)17-10(6)7-2-4-8(13)5-3-7/h2-5H,14H2,1H3,(H,15,16). The highest BCUT2D eigenvalue weighted by Gasteiger charge is 2.18. The molecular weight excluding hydrogens is 241 g/mol. The van der Waals surface area contributed by atoms with Crippen LogP contribution >= 0.6 is 11.3 Å². The Hall–Kier alpha value is -1.88. The summed E-state index contributed by atoms with van der Waals surface area (Å²) >= 11 is 1.11. The monoisotopic (exact) mass is 251 g/mol. The summed E-state index contributed by atoms with van der Waals surface area (Å²) in [6.45, 7) is 1.76. The Morgan fingerprint density at radius 1 is 1.35 bits per heavy atom. The van der Waals surface area contributed by atoms with Crippen molar-refractivity contribution in [3.63, 3.8) is 0 Å². The SMILES string of the molecule is Cc1c(-c2ccc(F)cc2)sc(C(=O)O)c1N. The Bertz CT molecular complexity index is 575. The van der Waals surface area contributed by atoms with Crippen LogP contribution in [0.3, 0.4) is 0 Å². The molecule has 2 aromatic rings. The first kappa shape index (κ1) is 11.6. The quantitative estimate of drug-likeness (QED) is 0.861. The largest absolute Gasteiger partial charge is 0.477 e. The van der Waals surface area contributed by atoms with Gasteiger partial charge in [0.2, 0.25) is 0 Å². The fraction of sp³-hybridized carbons (Fsp3) is 0.0833. The number of benzene rings is 1. The van der Waals surface area contributed by atoms with Crippen LogP contribution in [0.25, 0.3) is 10.4 Å². The van der Waals surface area contributed by atoms with Crippen molar-refractivity contribution < 1.29 is 14.3 Å². The lowest BCUT2D eigenvalue weighted by Crippen LogP contribution is -1.97. The summed E-state index contributed by atoms with van der Waals surface area (Å²) in [5.74, 6) is -1.36. The molecule has 17 heavy (non-hydrogen) atoms. The van der Waals surface area contributed by atoms with E-state index >= 15 is 0 Å². The van der Waals surface area contributed by atoms with E-state index in [-0.39, 0.29) is 16.4 Å². The van der Waals surface area contributed by atoms with Crippen molar-refractivity contribution in [2.24, 2.45) is 0 Å². The zero-order chi connectivity index (χ0) is 12.6. The third-order valence-corrected chi connectivity index (χ3v) is 3.84. The smallest absolute Gasteiger partial charge is 0.348 e. The number of hydrogen-bond acceptors (Lipinski definition) is 3. The van der Waals surface area contributed by atoms with Crippen LogP contribution in [0.4, 0.5) is 10.1 Å². The van der Waals surface area contributed by atoms with Gasteiger partial charge in [-0.25, -0.2) is 9.18 Å². The molecule has 5 heteroatoms. The molecule has 0 atom stereocenters. The highest BCUT2D eigenvalue weighted by Crippen LogP contribution is 2.37. The highest BCUT2D eigenvalue weighted by atomic mass is 32.1. The Labute approximate surface area is 101 Å². The Morgan fingerprint density at radius 3 is 2.41 bits per heavy atom. The molecule has 0 spiro atoms. The van der Waals surface area contributed by atoms with E-state index in [4.69, 9.17) is 10.8 Å². The summed E-state index contributed by atoms with van der Waals surface area (Å²) in [7, 11) is 0. The number of nitrogens with two attached hydrogens (primary N) is 1. The van der Waals surface area contributed by atoms with Crippen molar-refractivity contribution in [1.29, 1.82) is 0 Å². The number of carbonyl (C=O) groups is 1.